The molecule has 11 nitrogen and oxygen atoms in total. The van der Waals surface area contributed by atoms with Crippen molar-refractivity contribution in [1.29, 1.82) is 0 Å². The van der Waals surface area contributed by atoms with Crippen LogP contribution in [0, 0.1) is 17.8 Å². The normalized spacial score (nSPS) is 40.3. The highest BCUT2D eigenvalue weighted by Gasteiger charge is 2.78. The molecule has 4 rings (SSSR count). The second-order valence-electron chi connectivity index (χ2n) is 9.47. The van der Waals surface area contributed by atoms with E-state index in [-0.39, 0.29) is 11.1 Å². The van der Waals surface area contributed by atoms with Crippen LogP contribution in [0.1, 0.15) is 29.3 Å². The van der Waals surface area contributed by atoms with Gasteiger partial charge in [-0.3, -0.25) is 28.9 Å². The molecule has 6 N–H and O–H groups in total. The van der Waals surface area contributed by atoms with Crippen LogP contribution in [0.25, 0.3) is 0 Å². The molecule has 0 spiro atoms. The third-order valence-electron chi connectivity index (χ3n) is 7.46. The molecule has 2 unspecified atom stereocenters. The van der Waals surface area contributed by atoms with E-state index in [9.17, 15) is 44.4 Å². The fraction of sp³-hybridized carbons (Fsp3) is 0.500. The topological polar surface area (TPSA) is 196 Å². The average molecular weight is 460 g/mol. The molecule has 1 amide bonds. The number of likely N-dealkylation sites (N-methyl/N-ethyl adjacent to an activating group) is 1. The molecule has 0 saturated heterocycles. The first-order chi connectivity index (χ1) is 15.1. The molecule has 0 heterocycles. The van der Waals surface area contributed by atoms with Crippen molar-refractivity contribution in [3.05, 3.63) is 29.3 Å². The van der Waals surface area contributed by atoms with Crippen LogP contribution < -0.4 is 5.73 Å². The van der Waals surface area contributed by atoms with Gasteiger partial charge in [-0.1, -0.05) is 12.1 Å². The molecule has 176 valence electrons. The summed E-state index contributed by atoms with van der Waals surface area (Å²) in [6, 6.07) is 2.22. The minimum Gasteiger partial charge on any atom is -0.507 e. The van der Waals surface area contributed by atoms with E-state index < -0.39 is 81.8 Å². The molecule has 2 fully saturated rings. The van der Waals surface area contributed by atoms with Crippen LogP contribution in [-0.2, 0) is 24.8 Å². The number of carbonyl (C=O) groups excluding carboxylic acids is 5. The van der Waals surface area contributed by atoms with Crippen LogP contribution in [-0.4, -0.2) is 85.7 Å². The number of aliphatic hydroxyl groups is 3. The molecule has 7 atom stereocenters. The highest BCUT2D eigenvalue weighted by Crippen LogP contribution is 2.57. The van der Waals surface area contributed by atoms with Crippen molar-refractivity contribution < 1.29 is 44.4 Å². The summed E-state index contributed by atoms with van der Waals surface area (Å²) in [5, 5.41) is 44.8. The number of aromatic hydroxyl groups is 1. The zero-order valence-corrected chi connectivity index (χ0v) is 18.1. The summed E-state index contributed by atoms with van der Waals surface area (Å²) in [6.07, 6.45) is -0.709. The van der Waals surface area contributed by atoms with Crippen molar-refractivity contribution in [3.63, 3.8) is 0 Å². The lowest BCUT2D eigenvalue weighted by molar-refractivity contribution is -0.230. The number of Topliss-reactive ketones (excluding diaryl/α,β-unsaturated/α-hetero) is 4. The molecule has 0 bridgehead atoms. The third-order valence-corrected chi connectivity index (χ3v) is 7.46. The van der Waals surface area contributed by atoms with Crippen LogP contribution in [0.15, 0.2) is 18.2 Å². The Morgan fingerprint density at radius 3 is 2.24 bits per heavy atom. The predicted molar refractivity (Wildman–Crippen MR) is 109 cm³/mol. The molecule has 2 saturated carbocycles. The lowest BCUT2D eigenvalue weighted by Crippen LogP contribution is -2.83. The maximum Gasteiger partial charge on any atom is 0.235 e. The number of hydrogen-bond donors (Lipinski definition) is 5. The number of rotatable bonds is 2. The van der Waals surface area contributed by atoms with Crippen molar-refractivity contribution >= 4 is 29.0 Å². The molecule has 3 aliphatic carbocycles. The number of nitrogens with two attached hydrogens (primary N) is 1. The van der Waals surface area contributed by atoms with E-state index in [4.69, 9.17) is 5.73 Å². The van der Waals surface area contributed by atoms with Gasteiger partial charge in [0.15, 0.2) is 29.1 Å². The standard InChI is InChI=1S/C22H24N2O9/c1-20(31)8-5-4-6-10(25)11(8)14(26)12-9(20)7-21(32)16(24(2)3)15(27)13(19(23)30)18(29)22(21,33)17(12)28/h4-6,9,12-13,16,25,31-33H,7H2,1-3H3,(H2,23,30)/t9-,12?,13?,16+,20+,21+,22-/m0/s1. The van der Waals surface area contributed by atoms with Crippen molar-refractivity contribution in [2.24, 2.45) is 23.5 Å². The predicted octanol–water partition coefficient (Wildman–Crippen LogP) is -2.35. The van der Waals surface area contributed by atoms with Crippen LogP contribution in [0.2, 0.25) is 0 Å². The maximum atomic E-state index is 13.7. The summed E-state index contributed by atoms with van der Waals surface area (Å²) in [7, 11) is 2.67. The smallest absolute Gasteiger partial charge is 0.235 e. The second-order valence-corrected chi connectivity index (χ2v) is 9.47. The minimum absolute atomic E-state index is 0.000433. The number of primary amides is 1. The Morgan fingerprint density at radius 2 is 1.70 bits per heavy atom. The number of amides is 1. The fourth-order valence-corrected chi connectivity index (χ4v) is 5.95. The van der Waals surface area contributed by atoms with E-state index in [0.29, 0.717) is 0 Å². The van der Waals surface area contributed by atoms with E-state index in [2.05, 4.69) is 0 Å². The quantitative estimate of drug-likeness (QED) is 0.298. The van der Waals surface area contributed by atoms with E-state index in [0.717, 1.165) is 4.90 Å². The Morgan fingerprint density at radius 1 is 1.09 bits per heavy atom. The number of ketones is 4. The SMILES string of the molecule is CN(C)[C@@H]1C(=O)C(C(N)=O)C(=O)[C@@]2(O)C(=O)C3C(=O)c4c(O)cccc4[C@@](C)(O)[C@H]3C[C@@]12O. The van der Waals surface area contributed by atoms with Gasteiger partial charge < -0.3 is 26.2 Å². The number of benzene rings is 1. The number of phenolic OH excluding ortho intramolecular Hbond substituents is 1. The van der Waals surface area contributed by atoms with Crippen molar-refractivity contribution in [2.45, 2.75) is 36.2 Å². The summed E-state index contributed by atoms with van der Waals surface area (Å²) < 4.78 is 0. The largest absolute Gasteiger partial charge is 0.507 e. The van der Waals surface area contributed by atoms with E-state index in [1.165, 1.54) is 39.2 Å². The van der Waals surface area contributed by atoms with Gasteiger partial charge in [-0.05, 0) is 39.1 Å². The number of carbonyl (C=O) groups is 5. The Labute approximate surface area is 187 Å². The Bertz CT molecular complexity index is 1140. The molecule has 0 radical (unpaired) electrons. The molecular weight excluding hydrogens is 436 g/mol. The molecule has 0 aromatic heterocycles. The molecule has 1 aromatic rings. The zero-order chi connectivity index (χ0) is 24.8. The van der Waals surface area contributed by atoms with Crippen molar-refractivity contribution in [2.75, 3.05) is 14.1 Å². The van der Waals surface area contributed by atoms with E-state index in [1.807, 2.05) is 0 Å². The Balaban J connectivity index is 2.01. The van der Waals surface area contributed by atoms with Crippen LogP contribution in [0.3, 0.4) is 0 Å². The first kappa shape index (κ1) is 23.2. The highest BCUT2D eigenvalue weighted by atomic mass is 16.4. The first-order valence-corrected chi connectivity index (χ1v) is 10.3. The van der Waals surface area contributed by atoms with E-state index >= 15 is 0 Å². The first-order valence-electron chi connectivity index (χ1n) is 10.3. The number of nitrogens with zero attached hydrogens (tertiary/aromatic N) is 1. The molecule has 33 heavy (non-hydrogen) atoms. The number of fused-ring (bicyclic) bond motifs is 3. The third kappa shape index (κ3) is 2.56. The highest BCUT2D eigenvalue weighted by molar-refractivity contribution is 6.33. The molecule has 3 aliphatic rings. The van der Waals surface area contributed by atoms with Crippen molar-refractivity contribution in [3.8, 4) is 5.75 Å². The summed E-state index contributed by atoms with van der Waals surface area (Å²) in [6.45, 7) is 1.28. The molecule has 0 aliphatic heterocycles. The Kier molecular flexibility index (Phi) is 4.75. The van der Waals surface area contributed by atoms with Crippen LogP contribution in [0.4, 0.5) is 0 Å². The van der Waals surface area contributed by atoms with Gasteiger partial charge in [-0.15, -0.1) is 0 Å². The van der Waals surface area contributed by atoms with Crippen LogP contribution >= 0.6 is 0 Å². The summed E-state index contributed by atoms with van der Waals surface area (Å²) in [4.78, 5) is 66.3. The van der Waals surface area contributed by atoms with Gasteiger partial charge in [0.1, 0.15) is 17.4 Å². The average Bonchev–Trinajstić information content (AvgIpc) is 2.69. The second kappa shape index (κ2) is 6.76. The van der Waals surface area contributed by atoms with Gasteiger partial charge in [0, 0.05) is 5.92 Å². The van der Waals surface area contributed by atoms with Crippen molar-refractivity contribution in [1.82, 2.24) is 4.90 Å². The van der Waals surface area contributed by atoms with E-state index in [1.54, 1.807) is 0 Å². The molecular formula is C22H24N2O9. The summed E-state index contributed by atoms with van der Waals surface area (Å²) in [5.41, 5.74) is -3.19. The number of hydrogen-bond acceptors (Lipinski definition) is 10. The van der Waals surface area contributed by atoms with Gasteiger partial charge >= 0.3 is 0 Å². The van der Waals surface area contributed by atoms with Crippen LogP contribution in [0.5, 0.6) is 5.75 Å². The van der Waals surface area contributed by atoms with Gasteiger partial charge in [0.05, 0.1) is 17.1 Å². The minimum atomic E-state index is -3.33. The van der Waals surface area contributed by atoms with Gasteiger partial charge in [-0.2, -0.15) is 0 Å². The van der Waals surface area contributed by atoms with Gasteiger partial charge in [0.25, 0.3) is 0 Å². The Hall–Kier alpha value is -2.99. The van der Waals surface area contributed by atoms with Gasteiger partial charge in [0.2, 0.25) is 11.5 Å². The zero-order valence-electron chi connectivity index (χ0n) is 18.1. The summed E-state index contributed by atoms with van der Waals surface area (Å²) in [5.74, 6) is -12.5. The fourth-order valence-electron chi connectivity index (χ4n) is 5.95. The summed E-state index contributed by atoms with van der Waals surface area (Å²) >= 11 is 0. The maximum absolute atomic E-state index is 13.7. The monoisotopic (exact) mass is 460 g/mol. The molecule has 11 heteroatoms. The number of phenols is 1. The lowest BCUT2D eigenvalue weighted by Gasteiger charge is -2.59. The molecule has 1 aromatic carbocycles. The lowest BCUT2D eigenvalue weighted by atomic mass is 9.48. The van der Waals surface area contributed by atoms with Gasteiger partial charge in [-0.25, -0.2) is 0 Å².